The molecule has 3 aromatic rings. The Kier molecular flexibility index (Phi) is 6.32. The number of thiophene rings is 1. The molecule has 3 N–H and O–H groups in total. The smallest absolute Gasteiger partial charge is 0.284 e. The van der Waals surface area contributed by atoms with Crippen LogP contribution in [0.3, 0.4) is 0 Å². The Bertz CT molecular complexity index is 835. The minimum Gasteiger partial charge on any atom is -0.381 e. The van der Waals surface area contributed by atoms with Crippen molar-refractivity contribution in [3.05, 3.63) is 71.2 Å². The molecule has 26 heavy (non-hydrogen) atoms. The van der Waals surface area contributed by atoms with Crippen LogP contribution in [0.5, 0.6) is 0 Å². The zero-order valence-corrected chi connectivity index (χ0v) is 14.8. The van der Waals surface area contributed by atoms with E-state index < -0.39 is 5.91 Å². The third kappa shape index (κ3) is 4.89. The number of rotatable bonds is 8. The molecule has 0 fully saturated rings. The fourth-order valence-electron chi connectivity index (χ4n) is 2.33. The fourth-order valence-corrected chi connectivity index (χ4v) is 3.20. The van der Waals surface area contributed by atoms with E-state index in [1.807, 2.05) is 48.5 Å². The summed E-state index contributed by atoms with van der Waals surface area (Å²) >= 11 is 1.27. The van der Waals surface area contributed by atoms with Gasteiger partial charge < -0.3 is 10.1 Å². The Labute approximate surface area is 155 Å². The number of anilines is 1. The van der Waals surface area contributed by atoms with Crippen LogP contribution in [0.4, 0.5) is 5.69 Å². The van der Waals surface area contributed by atoms with Gasteiger partial charge in [0, 0.05) is 6.54 Å². The summed E-state index contributed by atoms with van der Waals surface area (Å²) in [6.07, 6.45) is 1.75. The number of carbonyl (C=O) groups is 1. The Balaban J connectivity index is 1.45. The third-order valence-electron chi connectivity index (χ3n) is 3.63. The molecule has 2 aromatic heterocycles. The first-order valence-corrected chi connectivity index (χ1v) is 8.94. The van der Waals surface area contributed by atoms with Crippen molar-refractivity contribution in [2.45, 2.75) is 6.61 Å². The number of nitrogens with zero attached hydrogens (tertiary/aromatic N) is 1. The summed E-state index contributed by atoms with van der Waals surface area (Å²) in [6.45, 7) is 1.89. The van der Waals surface area contributed by atoms with Gasteiger partial charge in [0.15, 0.2) is 0 Å². The van der Waals surface area contributed by atoms with Gasteiger partial charge in [-0.3, -0.25) is 15.0 Å². The number of hydrogen-bond acceptors (Lipinski definition) is 6. The molecule has 1 aromatic carbocycles. The van der Waals surface area contributed by atoms with Crippen LogP contribution < -0.4 is 10.8 Å². The van der Waals surface area contributed by atoms with Crippen LogP contribution in [0.25, 0.3) is 10.6 Å². The summed E-state index contributed by atoms with van der Waals surface area (Å²) in [5, 5.41) is 11.9. The van der Waals surface area contributed by atoms with E-state index >= 15 is 0 Å². The topological polar surface area (TPSA) is 83.5 Å². The van der Waals surface area contributed by atoms with Crippen LogP contribution in [-0.4, -0.2) is 29.3 Å². The normalized spacial score (nSPS) is 10.5. The maximum Gasteiger partial charge on any atom is 0.284 e. The molecular formula is C19H19N3O3S. The van der Waals surface area contributed by atoms with Crippen LogP contribution >= 0.6 is 11.3 Å². The highest BCUT2D eigenvalue weighted by Gasteiger charge is 2.10. The number of carbonyl (C=O) groups excluding carboxylic acids is 1. The summed E-state index contributed by atoms with van der Waals surface area (Å²) in [6, 6.07) is 17.3. The number of benzene rings is 1. The Morgan fingerprint density at radius 3 is 2.69 bits per heavy atom. The number of pyridine rings is 1. The molecule has 0 aliphatic rings. The molecule has 2 heterocycles. The van der Waals surface area contributed by atoms with Gasteiger partial charge in [0.2, 0.25) is 0 Å². The monoisotopic (exact) mass is 369 g/mol. The molecule has 134 valence electrons. The van der Waals surface area contributed by atoms with Gasteiger partial charge in [-0.15, -0.1) is 11.3 Å². The summed E-state index contributed by atoms with van der Waals surface area (Å²) in [4.78, 5) is 17.1. The van der Waals surface area contributed by atoms with Crippen LogP contribution in [0.15, 0.2) is 60.8 Å². The van der Waals surface area contributed by atoms with Crippen LogP contribution in [0.1, 0.15) is 15.2 Å². The Morgan fingerprint density at radius 2 is 1.96 bits per heavy atom. The maximum absolute atomic E-state index is 11.4. The number of amides is 1. The number of ether oxygens (including phenoxy) is 1. The fraction of sp³-hybridized carbons (Fsp3) is 0.158. The van der Waals surface area contributed by atoms with Crippen LogP contribution in [-0.2, 0) is 11.3 Å². The van der Waals surface area contributed by atoms with E-state index in [9.17, 15) is 4.79 Å². The molecule has 0 bridgehead atoms. The van der Waals surface area contributed by atoms with E-state index in [2.05, 4.69) is 10.3 Å². The molecule has 7 heteroatoms. The van der Waals surface area contributed by atoms with E-state index in [0.29, 0.717) is 24.6 Å². The molecule has 0 saturated heterocycles. The van der Waals surface area contributed by atoms with Crippen molar-refractivity contribution >= 4 is 22.9 Å². The van der Waals surface area contributed by atoms with Gasteiger partial charge in [-0.2, -0.15) is 0 Å². The van der Waals surface area contributed by atoms with Gasteiger partial charge in [-0.25, -0.2) is 5.48 Å². The SMILES string of the molecule is O=C(NO)c1ccc(-c2ccc(NCCOCc3ccccc3)cn2)s1. The van der Waals surface area contributed by atoms with Crippen molar-refractivity contribution in [3.8, 4) is 10.6 Å². The van der Waals surface area contributed by atoms with E-state index in [-0.39, 0.29) is 0 Å². The van der Waals surface area contributed by atoms with Gasteiger partial charge in [0.1, 0.15) is 0 Å². The second kappa shape index (κ2) is 9.10. The predicted molar refractivity (Wildman–Crippen MR) is 101 cm³/mol. The first kappa shape index (κ1) is 18.1. The van der Waals surface area contributed by atoms with Gasteiger partial charge >= 0.3 is 0 Å². The maximum atomic E-state index is 11.4. The van der Waals surface area contributed by atoms with Crippen LogP contribution in [0, 0.1) is 0 Å². The van der Waals surface area contributed by atoms with E-state index in [1.165, 1.54) is 11.3 Å². The Morgan fingerprint density at radius 1 is 1.12 bits per heavy atom. The molecule has 0 atom stereocenters. The molecular weight excluding hydrogens is 350 g/mol. The summed E-state index contributed by atoms with van der Waals surface area (Å²) < 4.78 is 5.63. The minimum atomic E-state index is -0.518. The number of hydroxylamine groups is 1. The zero-order chi connectivity index (χ0) is 18.2. The van der Waals surface area contributed by atoms with E-state index in [1.54, 1.807) is 17.7 Å². The average molecular weight is 369 g/mol. The second-order valence-corrected chi connectivity index (χ2v) is 6.59. The standard InChI is InChI=1S/C19H19N3O3S/c23-19(22-24)18-9-8-17(26-18)16-7-6-15(12-21-16)20-10-11-25-13-14-4-2-1-3-5-14/h1-9,12,20,24H,10-11,13H2,(H,22,23). The zero-order valence-electron chi connectivity index (χ0n) is 14.0. The highest BCUT2D eigenvalue weighted by atomic mass is 32.1. The lowest BCUT2D eigenvalue weighted by atomic mass is 10.2. The minimum absolute atomic E-state index is 0.432. The highest BCUT2D eigenvalue weighted by Crippen LogP contribution is 2.27. The summed E-state index contributed by atoms with van der Waals surface area (Å²) in [7, 11) is 0. The lowest BCUT2D eigenvalue weighted by molar-refractivity contribution is 0.0711. The van der Waals surface area contributed by atoms with Gasteiger partial charge in [-0.1, -0.05) is 30.3 Å². The average Bonchev–Trinajstić information content (AvgIpc) is 3.19. The van der Waals surface area contributed by atoms with Crippen LogP contribution in [0.2, 0.25) is 0 Å². The number of aromatic nitrogens is 1. The van der Waals surface area contributed by atoms with E-state index in [0.717, 1.165) is 21.8 Å². The number of nitrogens with one attached hydrogen (secondary N) is 2. The lowest BCUT2D eigenvalue weighted by Gasteiger charge is -2.08. The quantitative estimate of drug-likeness (QED) is 0.321. The predicted octanol–water partition coefficient (Wildman–Crippen LogP) is 3.56. The summed E-state index contributed by atoms with van der Waals surface area (Å²) in [5.74, 6) is -0.518. The lowest BCUT2D eigenvalue weighted by Crippen LogP contribution is -2.16. The largest absolute Gasteiger partial charge is 0.381 e. The van der Waals surface area contributed by atoms with Crippen molar-refractivity contribution in [1.29, 1.82) is 0 Å². The molecule has 0 saturated carbocycles. The second-order valence-electron chi connectivity index (χ2n) is 5.50. The molecule has 0 unspecified atom stereocenters. The van der Waals surface area contributed by atoms with Crippen molar-refractivity contribution in [3.63, 3.8) is 0 Å². The molecule has 0 spiro atoms. The highest BCUT2D eigenvalue weighted by molar-refractivity contribution is 7.17. The first-order chi connectivity index (χ1) is 12.8. The van der Waals surface area contributed by atoms with E-state index in [4.69, 9.17) is 9.94 Å². The molecule has 6 nitrogen and oxygen atoms in total. The molecule has 1 amide bonds. The van der Waals surface area contributed by atoms with Gasteiger partial charge in [0.25, 0.3) is 5.91 Å². The summed E-state index contributed by atoms with van der Waals surface area (Å²) in [5.41, 5.74) is 4.46. The molecule has 0 aliphatic carbocycles. The van der Waals surface area contributed by atoms with Crippen molar-refractivity contribution in [1.82, 2.24) is 10.5 Å². The first-order valence-electron chi connectivity index (χ1n) is 8.12. The van der Waals surface area contributed by atoms with Gasteiger partial charge in [-0.05, 0) is 29.8 Å². The Hall–Kier alpha value is -2.74. The number of hydrogen-bond donors (Lipinski definition) is 3. The molecule has 0 radical (unpaired) electrons. The third-order valence-corrected chi connectivity index (χ3v) is 4.74. The van der Waals surface area contributed by atoms with Crippen molar-refractivity contribution < 1.29 is 14.7 Å². The molecule has 3 rings (SSSR count). The molecule has 0 aliphatic heterocycles. The van der Waals surface area contributed by atoms with Gasteiger partial charge in [0.05, 0.1) is 40.5 Å². The van der Waals surface area contributed by atoms with Crippen molar-refractivity contribution in [2.24, 2.45) is 0 Å². The van der Waals surface area contributed by atoms with Crippen molar-refractivity contribution in [2.75, 3.05) is 18.5 Å².